The Morgan fingerprint density at radius 1 is 1.08 bits per heavy atom. The van der Waals surface area contributed by atoms with E-state index in [0.29, 0.717) is 23.5 Å². The molecule has 0 aliphatic rings. The summed E-state index contributed by atoms with van der Waals surface area (Å²) in [7, 11) is -3.70. The number of rotatable bonds is 6. The van der Waals surface area contributed by atoms with Crippen LogP contribution in [-0.4, -0.2) is 30.5 Å². The Kier molecular flexibility index (Phi) is 5.40. The molecule has 2 aromatic carbocycles. The summed E-state index contributed by atoms with van der Waals surface area (Å²) in [6.07, 6.45) is 0.559. The molecule has 3 rings (SSSR count). The second-order valence-corrected chi connectivity index (χ2v) is 7.83. The molecule has 7 nitrogen and oxygen atoms in total. The summed E-state index contributed by atoms with van der Waals surface area (Å²) in [5.74, 6) is -0.236. The average Bonchev–Trinajstić information content (AvgIpc) is 3.12. The maximum Gasteiger partial charge on any atom is 0.265 e. The molecule has 0 aliphatic carbocycles. The van der Waals surface area contributed by atoms with Gasteiger partial charge >= 0.3 is 0 Å². The maximum absolute atomic E-state index is 12.4. The van der Waals surface area contributed by atoms with Crippen molar-refractivity contribution in [2.75, 3.05) is 6.54 Å². The second-order valence-electron chi connectivity index (χ2n) is 5.51. The van der Waals surface area contributed by atoms with E-state index in [1.54, 1.807) is 12.1 Å². The number of nitrogens with one attached hydrogen (secondary N) is 1. The number of primary sulfonamides is 1. The molecule has 9 heteroatoms. The van der Waals surface area contributed by atoms with Crippen LogP contribution in [0.1, 0.15) is 15.2 Å². The first-order chi connectivity index (χ1) is 12.4. The molecule has 1 amide bonds. The van der Waals surface area contributed by atoms with Gasteiger partial charge in [-0.3, -0.25) is 4.79 Å². The molecule has 0 spiro atoms. The number of amides is 1. The molecule has 0 unspecified atom stereocenters. The lowest BCUT2D eigenvalue weighted by atomic mass is 10.1. The van der Waals surface area contributed by atoms with Crippen LogP contribution in [0.15, 0.2) is 59.5 Å². The Hall–Kier alpha value is -2.62. The monoisotopic (exact) mass is 388 g/mol. The zero-order valence-corrected chi connectivity index (χ0v) is 15.3. The number of nitrogens with two attached hydrogens (primary N) is 1. The fraction of sp³-hybridized carbons (Fsp3) is 0.118. The number of hydrogen-bond donors (Lipinski definition) is 2. The third-order valence-corrected chi connectivity index (χ3v) is 5.35. The van der Waals surface area contributed by atoms with Crippen LogP contribution in [0, 0.1) is 0 Å². The Morgan fingerprint density at radius 3 is 2.42 bits per heavy atom. The van der Waals surface area contributed by atoms with Crippen LogP contribution >= 0.6 is 11.5 Å². The third-order valence-electron chi connectivity index (χ3n) is 3.69. The van der Waals surface area contributed by atoms with Crippen molar-refractivity contribution in [2.45, 2.75) is 11.3 Å². The van der Waals surface area contributed by atoms with Gasteiger partial charge in [-0.05, 0) is 35.6 Å². The van der Waals surface area contributed by atoms with Crippen molar-refractivity contribution < 1.29 is 13.2 Å². The highest BCUT2D eigenvalue weighted by atomic mass is 32.2. The molecular formula is C17H16N4O3S2. The molecule has 0 bridgehead atoms. The van der Waals surface area contributed by atoms with Gasteiger partial charge in [-0.2, -0.15) is 0 Å². The number of nitrogens with zero attached hydrogens (tertiary/aromatic N) is 2. The van der Waals surface area contributed by atoms with Gasteiger partial charge in [-0.15, -0.1) is 5.10 Å². The number of carbonyl (C=O) groups is 1. The van der Waals surface area contributed by atoms with E-state index < -0.39 is 10.0 Å². The normalized spacial score (nSPS) is 11.3. The van der Waals surface area contributed by atoms with Crippen molar-refractivity contribution in [3.05, 3.63) is 65.0 Å². The second kappa shape index (κ2) is 7.73. The van der Waals surface area contributed by atoms with E-state index in [-0.39, 0.29) is 10.8 Å². The smallest absolute Gasteiger partial charge is 0.265 e. The summed E-state index contributed by atoms with van der Waals surface area (Å²) in [4.78, 5) is 12.9. The molecule has 0 saturated heterocycles. The number of carbonyl (C=O) groups excluding carboxylic acids is 1. The highest BCUT2D eigenvalue weighted by Gasteiger charge is 2.17. The number of benzene rings is 2. The number of aromatic nitrogens is 2. The lowest BCUT2D eigenvalue weighted by molar-refractivity contribution is 0.0958. The van der Waals surface area contributed by atoms with Gasteiger partial charge in [0.25, 0.3) is 5.91 Å². The summed E-state index contributed by atoms with van der Waals surface area (Å²) in [5.41, 5.74) is 2.29. The molecule has 1 heterocycles. The summed E-state index contributed by atoms with van der Waals surface area (Å²) in [6, 6.07) is 15.7. The molecule has 3 N–H and O–H groups in total. The van der Waals surface area contributed by atoms with Crippen molar-refractivity contribution in [1.82, 2.24) is 14.9 Å². The van der Waals surface area contributed by atoms with Crippen LogP contribution in [0.25, 0.3) is 11.3 Å². The highest BCUT2D eigenvalue weighted by molar-refractivity contribution is 7.89. The van der Waals surface area contributed by atoms with Gasteiger partial charge in [0, 0.05) is 12.1 Å². The molecule has 1 aromatic heterocycles. The minimum atomic E-state index is -3.70. The van der Waals surface area contributed by atoms with Gasteiger partial charge in [0.15, 0.2) is 0 Å². The van der Waals surface area contributed by atoms with Crippen LogP contribution in [0.3, 0.4) is 0 Å². The van der Waals surface area contributed by atoms with Crippen molar-refractivity contribution in [3.63, 3.8) is 0 Å². The van der Waals surface area contributed by atoms with Crippen molar-refractivity contribution in [3.8, 4) is 11.3 Å². The summed E-state index contributed by atoms with van der Waals surface area (Å²) >= 11 is 1.05. The first kappa shape index (κ1) is 18.2. The van der Waals surface area contributed by atoms with Crippen molar-refractivity contribution in [2.24, 2.45) is 5.14 Å². The molecule has 0 aliphatic heterocycles. The van der Waals surface area contributed by atoms with Crippen LogP contribution < -0.4 is 10.5 Å². The van der Waals surface area contributed by atoms with E-state index in [9.17, 15) is 13.2 Å². The molecule has 26 heavy (non-hydrogen) atoms. The van der Waals surface area contributed by atoms with Crippen molar-refractivity contribution >= 4 is 27.5 Å². The van der Waals surface area contributed by atoms with E-state index in [1.807, 2.05) is 30.3 Å². The van der Waals surface area contributed by atoms with Gasteiger partial charge in [-0.1, -0.05) is 47.0 Å². The molecule has 0 radical (unpaired) electrons. The van der Waals surface area contributed by atoms with Crippen LogP contribution in [0.2, 0.25) is 0 Å². The van der Waals surface area contributed by atoms with E-state index >= 15 is 0 Å². The number of hydrogen-bond acceptors (Lipinski definition) is 6. The predicted molar refractivity (Wildman–Crippen MR) is 99.2 cm³/mol. The van der Waals surface area contributed by atoms with Crippen LogP contribution in [-0.2, 0) is 16.4 Å². The highest BCUT2D eigenvalue weighted by Crippen LogP contribution is 2.23. The van der Waals surface area contributed by atoms with Crippen molar-refractivity contribution in [1.29, 1.82) is 0 Å². The van der Waals surface area contributed by atoms with Crippen LogP contribution in [0.5, 0.6) is 0 Å². The first-order valence-corrected chi connectivity index (χ1v) is 10.0. The Morgan fingerprint density at radius 2 is 1.77 bits per heavy atom. The number of sulfonamides is 1. The fourth-order valence-electron chi connectivity index (χ4n) is 2.37. The predicted octanol–water partition coefficient (Wildman–Crippen LogP) is 1.82. The largest absolute Gasteiger partial charge is 0.351 e. The zero-order chi connectivity index (χ0) is 18.6. The van der Waals surface area contributed by atoms with E-state index in [2.05, 4.69) is 14.9 Å². The Balaban J connectivity index is 1.61. The molecule has 134 valence electrons. The van der Waals surface area contributed by atoms with Gasteiger partial charge < -0.3 is 5.32 Å². The van der Waals surface area contributed by atoms with Gasteiger partial charge in [0.2, 0.25) is 10.0 Å². The third kappa shape index (κ3) is 4.31. The van der Waals surface area contributed by atoms with E-state index in [4.69, 9.17) is 5.14 Å². The topological polar surface area (TPSA) is 115 Å². The van der Waals surface area contributed by atoms with Gasteiger partial charge in [0.1, 0.15) is 10.6 Å². The molecule has 0 fully saturated rings. The SMILES string of the molecule is NS(=O)(=O)c1ccc(CCNC(=O)c2snnc2-c2ccccc2)cc1. The van der Waals surface area contributed by atoms with Crippen LogP contribution in [0.4, 0.5) is 0 Å². The quantitative estimate of drug-likeness (QED) is 0.668. The molecule has 0 saturated carbocycles. The Bertz CT molecular complexity index is 1000. The van der Waals surface area contributed by atoms with Gasteiger partial charge in [0.05, 0.1) is 4.90 Å². The van der Waals surface area contributed by atoms with Gasteiger partial charge in [-0.25, -0.2) is 13.6 Å². The van der Waals surface area contributed by atoms with E-state index in [0.717, 1.165) is 22.7 Å². The fourth-order valence-corrected chi connectivity index (χ4v) is 3.49. The van der Waals surface area contributed by atoms with E-state index in [1.165, 1.54) is 12.1 Å². The summed E-state index contributed by atoms with van der Waals surface area (Å²) in [5, 5.41) is 12.0. The lowest BCUT2D eigenvalue weighted by Gasteiger charge is -2.06. The minimum absolute atomic E-state index is 0.0634. The summed E-state index contributed by atoms with van der Waals surface area (Å²) in [6.45, 7) is 0.402. The molecular weight excluding hydrogens is 372 g/mol. The zero-order valence-electron chi connectivity index (χ0n) is 13.6. The maximum atomic E-state index is 12.4. The standard InChI is InChI=1S/C17H16N4O3S2/c18-26(23,24)14-8-6-12(7-9-14)10-11-19-17(22)16-15(20-21-25-16)13-4-2-1-3-5-13/h1-9H,10-11H2,(H,19,22)(H2,18,23,24). The average molecular weight is 388 g/mol. The Labute approximate surface area is 155 Å². The minimum Gasteiger partial charge on any atom is -0.351 e. The first-order valence-electron chi connectivity index (χ1n) is 7.73. The molecule has 0 atom stereocenters. The lowest BCUT2D eigenvalue weighted by Crippen LogP contribution is -2.25. The summed E-state index contributed by atoms with van der Waals surface area (Å²) < 4.78 is 26.4. The molecule has 3 aromatic rings.